The number of benzene rings is 3. The zero-order valence-electron chi connectivity index (χ0n) is 18.5. The third-order valence-corrected chi connectivity index (χ3v) is 5.95. The van der Waals surface area contributed by atoms with Gasteiger partial charge in [0.1, 0.15) is 5.75 Å². The Hall–Kier alpha value is -4.18. The predicted molar refractivity (Wildman–Crippen MR) is 128 cm³/mol. The summed E-state index contributed by atoms with van der Waals surface area (Å²) in [6.07, 6.45) is 1.43. The van der Waals surface area contributed by atoms with Crippen LogP contribution in [-0.2, 0) is 14.8 Å². The largest absolute Gasteiger partial charge is 0.494 e. The van der Waals surface area contributed by atoms with Gasteiger partial charge in [0.15, 0.2) is 0 Å². The van der Waals surface area contributed by atoms with E-state index in [1.165, 1.54) is 49.7 Å². The van der Waals surface area contributed by atoms with Crippen LogP contribution in [0.1, 0.15) is 33.2 Å². The Morgan fingerprint density at radius 3 is 2.12 bits per heavy atom. The number of anilines is 1. The summed E-state index contributed by atoms with van der Waals surface area (Å²) in [4.78, 5) is 23.8. The number of hydrogen-bond donors (Lipinski definition) is 2. The zero-order valence-corrected chi connectivity index (χ0v) is 19.3. The lowest BCUT2D eigenvalue weighted by Gasteiger charge is -2.09. The van der Waals surface area contributed by atoms with E-state index in [0.29, 0.717) is 34.7 Å². The molecule has 0 saturated heterocycles. The van der Waals surface area contributed by atoms with Crippen LogP contribution in [0.15, 0.2) is 82.8 Å². The van der Waals surface area contributed by atoms with Gasteiger partial charge >= 0.3 is 5.97 Å². The van der Waals surface area contributed by atoms with Crippen LogP contribution in [0.2, 0.25) is 0 Å². The molecular weight excluding hydrogens is 458 g/mol. The Bertz CT molecular complexity index is 1270. The van der Waals surface area contributed by atoms with Gasteiger partial charge in [0.05, 0.1) is 30.4 Å². The first kappa shape index (κ1) is 24.5. The molecule has 0 aliphatic carbocycles. The van der Waals surface area contributed by atoms with Crippen molar-refractivity contribution in [2.45, 2.75) is 11.8 Å². The van der Waals surface area contributed by atoms with Crippen LogP contribution in [0, 0.1) is 0 Å². The maximum absolute atomic E-state index is 12.6. The minimum atomic E-state index is -3.79. The van der Waals surface area contributed by atoms with Crippen LogP contribution in [0.3, 0.4) is 0 Å². The monoisotopic (exact) mass is 481 g/mol. The molecular formula is C24H23N3O6S. The summed E-state index contributed by atoms with van der Waals surface area (Å²) in [5, 5.41) is 3.89. The number of amides is 1. The van der Waals surface area contributed by atoms with Gasteiger partial charge in [-0.1, -0.05) is 12.1 Å². The number of methoxy groups -OCH3 is 1. The summed E-state index contributed by atoms with van der Waals surface area (Å²) in [6, 6.07) is 18.5. The molecule has 3 aromatic carbocycles. The van der Waals surface area contributed by atoms with E-state index in [0.717, 1.165) is 0 Å². The van der Waals surface area contributed by atoms with E-state index in [2.05, 4.69) is 20.0 Å². The standard InChI is InChI=1S/C24H23N3O6S/c1-3-33-21-12-14-22(15-13-21)34(30,31)27-20-10-8-18(9-11-20)23(28)26-25-16-17-4-6-19(7-5-17)24(29)32-2/h4-16,27H,3H2,1-2H3,(H,26,28). The molecule has 176 valence electrons. The van der Waals surface area contributed by atoms with Crippen molar-refractivity contribution in [2.75, 3.05) is 18.4 Å². The van der Waals surface area contributed by atoms with Crippen molar-refractivity contribution >= 4 is 33.8 Å². The highest BCUT2D eigenvalue weighted by Gasteiger charge is 2.15. The molecule has 0 radical (unpaired) electrons. The average Bonchev–Trinajstić information content (AvgIpc) is 2.84. The van der Waals surface area contributed by atoms with Gasteiger partial charge in [0, 0.05) is 11.3 Å². The highest BCUT2D eigenvalue weighted by Crippen LogP contribution is 2.19. The fourth-order valence-corrected chi connectivity index (χ4v) is 3.90. The highest BCUT2D eigenvalue weighted by molar-refractivity contribution is 7.92. The molecule has 0 unspecified atom stereocenters. The molecule has 3 rings (SSSR count). The molecule has 0 heterocycles. The molecule has 0 aliphatic heterocycles. The summed E-state index contributed by atoms with van der Waals surface area (Å²) in [5.74, 6) is -0.331. The van der Waals surface area contributed by atoms with Gasteiger partial charge in [-0.3, -0.25) is 9.52 Å². The molecule has 34 heavy (non-hydrogen) atoms. The van der Waals surface area contributed by atoms with Gasteiger partial charge in [-0.05, 0) is 73.2 Å². The number of hydrogen-bond acceptors (Lipinski definition) is 7. The smallest absolute Gasteiger partial charge is 0.337 e. The van der Waals surface area contributed by atoms with Crippen molar-refractivity contribution in [3.63, 3.8) is 0 Å². The molecule has 0 atom stereocenters. The second kappa shape index (κ2) is 11.1. The van der Waals surface area contributed by atoms with E-state index in [1.54, 1.807) is 36.4 Å². The topological polar surface area (TPSA) is 123 Å². The summed E-state index contributed by atoms with van der Waals surface area (Å²) in [7, 11) is -2.49. The van der Waals surface area contributed by atoms with Crippen LogP contribution in [0.4, 0.5) is 5.69 Å². The Morgan fingerprint density at radius 2 is 1.53 bits per heavy atom. The third-order valence-electron chi connectivity index (χ3n) is 4.56. The zero-order chi connectivity index (χ0) is 24.6. The van der Waals surface area contributed by atoms with Gasteiger partial charge in [-0.25, -0.2) is 18.6 Å². The van der Waals surface area contributed by atoms with E-state index in [-0.39, 0.29) is 4.90 Å². The van der Waals surface area contributed by atoms with Crippen molar-refractivity contribution < 1.29 is 27.5 Å². The number of carbonyl (C=O) groups excluding carboxylic acids is 2. The average molecular weight is 482 g/mol. The molecule has 3 aromatic rings. The summed E-state index contributed by atoms with van der Waals surface area (Å²) in [6.45, 7) is 2.33. The molecule has 0 aliphatic rings. The Balaban J connectivity index is 1.58. The number of nitrogens with zero attached hydrogens (tertiary/aromatic N) is 1. The first-order valence-electron chi connectivity index (χ1n) is 10.2. The maximum atomic E-state index is 12.6. The van der Waals surface area contributed by atoms with Crippen LogP contribution < -0.4 is 14.9 Å². The number of esters is 1. The van der Waals surface area contributed by atoms with Crippen LogP contribution in [-0.4, -0.2) is 40.2 Å². The highest BCUT2D eigenvalue weighted by atomic mass is 32.2. The molecule has 0 aromatic heterocycles. The fraction of sp³-hybridized carbons (Fsp3) is 0.125. The number of carbonyl (C=O) groups is 2. The minimum absolute atomic E-state index is 0.0896. The quantitative estimate of drug-likeness (QED) is 0.274. The van der Waals surface area contributed by atoms with Crippen LogP contribution in [0.25, 0.3) is 0 Å². The number of sulfonamides is 1. The first-order valence-corrected chi connectivity index (χ1v) is 11.7. The van der Waals surface area contributed by atoms with Crippen molar-refractivity contribution in [3.8, 4) is 5.75 Å². The molecule has 10 heteroatoms. The van der Waals surface area contributed by atoms with Gasteiger partial charge in [-0.15, -0.1) is 0 Å². The van der Waals surface area contributed by atoms with E-state index < -0.39 is 21.9 Å². The summed E-state index contributed by atoms with van der Waals surface area (Å²) < 4.78 is 37.6. The minimum Gasteiger partial charge on any atom is -0.494 e. The van der Waals surface area contributed by atoms with Gasteiger partial charge in [0.2, 0.25) is 0 Å². The number of rotatable bonds is 9. The van der Waals surface area contributed by atoms with Crippen molar-refractivity contribution in [1.29, 1.82) is 0 Å². The lowest BCUT2D eigenvalue weighted by Crippen LogP contribution is -2.18. The van der Waals surface area contributed by atoms with E-state index in [1.807, 2.05) is 6.92 Å². The van der Waals surface area contributed by atoms with Crippen LogP contribution >= 0.6 is 0 Å². The third kappa shape index (κ3) is 6.42. The second-order valence-corrected chi connectivity index (χ2v) is 8.58. The van der Waals surface area contributed by atoms with E-state index in [9.17, 15) is 18.0 Å². The summed E-state index contributed by atoms with van der Waals surface area (Å²) in [5.41, 5.74) is 4.07. The molecule has 0 fully saturated rings. The van der Waals surface area contributed by atoms with Gasteiger partial charge in [0.25, 0.3) is 15.9 Å². The number of hydrazone groups is 1. The van der Waals surface area contributed by atoms with Crippen LogP contribution in [0.5, 0.6) is 5.75 Å². The van der Waals surface area contributed by atoms with E-state index >= 15 is 0 Å². The van der Waals surface area contributed by atoms with Gasteiger partial charge < -0.3 is 9.47 Å². The molecule has 0 bridgehead atoms. The van der Waals surface area contributed by atoms with Crippen molar-refractivity contribution in [1.82, 2.24) is 5.43 Å². The molecule has 0 spiro atoms. The lowest BCUT2D eigenvalue weighted by molar-refractivity contribution is 0.0600. The van der Waals surface area contributed by atoms with E-state index in [4.69, 9.17) is 4.74 Å². The fourth-order valence-electron chi connectivity index (χ4n) is 2.84. The predicted octanol–water partition coefficient (Wildman–Crippen LogP) is 3.44. The summed E-state index contributed by atoms with van der Waals surface area (Å²) >= 11 is 0. The normalized spacial score (nSPS) is 11.1. The van der Waals surface area contributed by atoms with Gasteiger partial charge in [-0.2, -0.15) is 5.10 Å². The maximum Gasteiger partial charge on any atom is 0.337 e. The van der Waals surface area contributed by atoms with Crippen molar-refractivity contribution in [3.05, 3.63) is 89.5 Å². The molecule has 0 saturated carbocycles. The first-order chi connectivity index (χ1) is 16.3. The lowest BCUT2D eigenvalue weighted by atomic mass is 10.1. The SMILES string of the molecule is CCOc1ccc(S(=O)(=O)Nc2ccc(C(=O)NN=Cc3ccc(C(=O)OC)cc3)cc2)cc1. The number of nitrogens with one attached hydrogen (secondary N) is 2. The Labute approximate surface area is 197 Å². The second-order valence-electron chi connectivity index (χ2n) is 6.90. The molecule has 2 N–H and O–H groups in total. The Morgan fingerprint density at radius 1 is 0.912 bits per heavy atom. The molecule has 1 amide bonds. The Kier molecular flexibility index (Phi) is 7.99. The number of ether oxygens (including phenoxy) is 2. The molecule has 9 nitrogen and oxygen atoms in total. The van der Waals surface area contributed by atoms with Crippen molar-refractivity contribution in [2.24, 2.45) is 5.10 Å².